The van der Waals surface area contributed by atoms with Gasteiger partial charge in [-0.3, -0.25) is 0 Å². The first-order valence-electron chi connectivity index (χ1n) is 9.43. The second-order valence-electron chi connectivity index (χ2n) is 7.26. The zero-order valence-corrected chi connectivity index (χ0v) is 15.7. The topological polar surface area (TPSA) is 64.8 Å². The van der Waals surface area contributed by atoms with Gasteiger partial charge in [-0.25, -0.2) is 14.5 Å². The average Bonchev–Trinajstić information content (AvgIpc) is 3.35. The Balaban J connectivity index is 1.57. The van der Waals surface area contributed by atoms with Crippen LogP contribution in [0.25, 0.3) is 5.52 Å². The molecule has 0 radical (unpaired) electrons. The Hall–Kier alpha value is -2.67. The van der Waals surface area contributed by atoms with Crippen LogP contribution >= 0.6 is 0 Å². The summed E-state index contributed by atoms with van der Waals surface area (Å²) in [5, 5.41) is 4.45. The number of methoxy groups -OCH3 is 1. The van der Waals surface area contributed by atoms with Gasteiger partial charge in [0.1, 0.15) is 23.4 Å². The van der Waals surface area contributed by atoms with Gasteiger partial charge < -0.3 is 14.4 Å². The van der Waals surface area contributed by atoms with Crippen LogP contribution in [-0.4, -0.2) is 46.5 Å². The number of ether oxygens (including phenoxy) is 2. The first-order chi connectivity index (χ1) is 13.2. The predicted octanol–water partition coefficient (Wildman–Crippen LogP) is 2.51. The van der Waals surface area contributed by atoms with Crippen molar-refractivity contribution in [3.63, 3.8) is 0 Å². The number of aromatic nitrogens is 4. The number of nitrogens with zero attached hydrogens (tertiary/aromatic N) is 5. The molecular formula is C20H23N5O2. The molecule has 0 amide bonds. The molecule has 1 fully saturated rings. The number of anilines is 1. The molecule has 5 rings (SSSR count). The van der Waals surface area contributed by atoms with Gasteiger partial charge in [0.05, 0.1) is 19.4 Å². The van der Waals surface area contributed by atoms with Crippen LogP contribution in [0.15, 0.2) is 24.5 Å². The van der Waals surface area contributed by atoms with E-state index in [0.29, 0.717) is 5.92 Å². The maximum Gasteiger partial charge on any atom is 0.158 e. The summed E-state index contributed by atoms with van der Waals surface area (Å²) in [6, 6.07) is 6.33. The summed E-state index contributed by atoms with van der Waals surface area (Å²) in [6.07, 6.45) is 3.61. The number of rotatable bonds is 3. The molecule has 0 unspecified atom stereocenters. The minimum atomic E-state index is 0.319. The van der Waals surface area contributed by atoms with E-state index in [9.17, 15) is 0 Å². The summed E-state index contributed by atoms with van der Waals surface area (Å²) in [5.41, 5.74) is 4.77. The molecule has 0 aliphatic carbocycles. The number of benzene rings is 1. The van der Waals surface area contributed by atoms with Crippen LogP contribution in [0.2, 0.25) is 0 Å². The molecule has 2 aromatic heterocycles. The lowest BCUT2D eigenvalue weighted by Crippen LogP contribution is -2.31. The Labute approximate surface area is 157 Å². The smallest absolute Gasteiger partial charge is 0.158 e. The third-order valence-electron chi connectivity index (χ3n) is 5.64. The summed E-state index contributed by atoms with van der Waals surface area (Å²) < 4.78 is 12.9. The highest BCUT2D eigenvalue weighted by atomic mass is 16.5. The molecule has 1 atom stereocenters. The Bertz CT molecular complexity index is 993. The summed E-state index contributed by atoms with van der Waals surface area (Å²) in [5.74, 6) is 3.10. The molecule has 1 saturated heterocycles. The van der Waals surface area contributed by atoms with Crippen molar-refractivity contribution in [3.05, 3.63) is 47.2 Å². The number of hydrogen-bond acceptors (Lipinski definition) is 6. The quantitative estimate of drug-likeness (QED) is 0.711. The standard InChI is InChI=1S/C20H23N5O2/c1-13-23-18(16-6-8-27-11-16)19-20(21-12-22-25(13)19)24-7-5-14-9-17(26-2)4-3-15(14)10-24/h3-4,9,12,16H,5-8,10-11H2,1-2H3/t16-/m0/s1. The van der Waals surface area contributed by atoms with Gasteiger partial charge in [0, 0.05) is 25.6 Å². The van der Waals surface area contributed by atoms with E-state index >= 15 is 0 Å². The fourth-order valence-corrected chi connectivity index (χ4v) is 4.19. The zero-order chi connectivity index (χ0) is 18.4. The van der Waals surface area contributed by atoms with Crippen molar-refractivity contribution < 1.29 is 9.47 Å². The molecule has 3 aromatic rings. The number of imidazole rings is 1. The molecule has 140 valence electrons. The van der Waals surface area contributed by atoms with E-state index < -0.39 is 0 Å². The van der Waals surface area contributed by atoms with E-state index in [1.165, 1.54) is 11.1 Å². The lowest BCUT2D eigenvalue weighted by atomic mass is 9.99. The molecule has 0 bridgehead atoms. The molecule has 7 nitrogen and oxygen atoms in total. The molecule has 0 N–H and O–H groups in total. The second kappa shape index (κ2) is 6.49. The van der Waals surface area contributed by atoms with Gasteiger partial charge in [-0.15, -0.1) is 0 Å². The van der Waals surface area contributed by atoms with Crippen molar-refractivity contribution in [1.82, 2.24) is 19.6 Å². The van der Waals surface area contributed by atoms with Crippen LogP contribution in [-0.2, 0) is 17.7 Å². The van der Waals surface area contributed by atoms with E-state index in [-0.39, 0.29) is 0 Å². The van der Waals surface area contributed by atoms with Crippen LogP contribution in [0, 0.1) is 6.92 Å². The average molecular weight is 365 g/mol. The van der Waals surface area contributed by atoms with Crippen molar-refractivity contribution in [2.45, 2.75) is 32.2 Å². The SMILES string of the molecule is COc1ccc2c(c1)CCN(c1ncnn3c(C)nc([C@H]4CCOC4)c13)C2. The lowest BCUT2D eigenvalue weighted by Gasteiger charge is -2.30. The molecule has 2 aliphatic rings. The minimum Gasteiger partial charge on any atom is -0.497 e. The van der Waals surface area contributed by atoms with Crippen molar-refractivity contribution in [2.24, 2.45) is 0 Å². The first-order valence-corrected chi connectivity index (χ1v) is 9.43. The first kappa shape index (κ1) is 16.5. The number of aryl methyl sites for hydroxylation is 1. The highest BCUT2D eigenvalue weighted by Crippen LogP contribution is 2.34. The van der Waals surface area contributed by atoms with Gasteiger partial charge in [0.2, 0.25) is 0 Å². The Kier molecular flexibility index (Phi) is 3.97. The normalized spacial score (nSPS) is 19.5. The Morgan fingerprint density at radius 1 is 1.26 bits per heavy atom. The van der Waals surface area contributed by atoms with E-state index in [0.717, 1.165) is 67.7 Å². The molecule has 4 heterocycles. The van der Waals surface area contributed by atoms with Crippen LogP contribution < -0.4 is 9.64 Å². The molecule has 0 saturated carbocycles. The number of fused-ring (bicyclic) bond motifs is 2. The predicted molar refractivity (Wildman–Crippen MR) is 101 cm³/mol. The van der Waals surface area contributed by atoms with Crippen LogP contribution in [0.4, 0.5) is 5.82 Å². The molecule has 27 heavy (non-hydrogen) atoms. The van der Waals surface area contributed by atoms with Gasteiger partial charge >= 0.3 is 0 Å². The largest absolute Gasteiger partial charge is 0.497 e. The van der Waals surface area contributed by atoms with Crippen LogP contribution in [0.1, 0.15) is 35.0 Å². The summed E-state index contributed by atoms with van der Waals surface area (Å²) in [7, 11) is 1.71. The van der Waals surface area contributed by atoms with E-state index in [1.54, 1.807) is 13.4 Å². The number of hydrogen-bond donors (Lipinski definition) is 0. The summed E-state index contributed by atoms with van der Waals surface area (Å²) in [4.78, 5) is 11.8. The van der Waals surface area contributed by atoms with Crippen molar-refractivity contribution in [3.8, 4) is 5.75 Å². The molecular weight excluding hydrogens is 342 g/mol. The minimum absolute atomic E-state index is 0.319. The van der Waals surface area contributed by atoms with Crippen molar-refractivity contribution in [1.29, 1.82) is 0 Å². The van der Waals surface area contributed by atoms with Gasteiger partial charge in [-0.05, 0) is 43.0 Å². The molecule has 0 spiro atoms. The third kappa shape index (κ3) is 2.73. The van der Waals surface area contributed by atoms with Gasteiger partial charge in [-0.1, -0.05) is 6.07 Å². The third-order valence-corrected chi connectivity index (χ3v) is 5.64. The lowest BCUT2D eigenvalue weighted by molar-refractivity contribution is 0.193. The summed E-state index contributed by atoms with van der Waals surface area (Å²) in [6.45, 7) is 5.27. The van der Waals surface area contributed by atoms with Gasteiger partial charge in [0.15, 0.2) is 5.82 Å². The van der Waals surface area contributed by atoms with Gasteiger partial charge in [-0.2, -0.15) is 5.10 Å². The summed E-state index contributed by atoms with van der Waals surface area (Å²) >= 11 is 0. The fourth-order valence-electron chi connectivity index (χ4n) is 4.19. The fraction of sp³-hybridized carbons (Fsp3) is 0.450. The zero-order valence-electron chi connectivity index (χ0n) is 15.7. The van der Waals surface area contributed by atoms with Crippen LogP contribution in [0.3, 0.4) is 0 Å². The van der Waals surface area contributed by atoms with Crippen molar-refractivity contribution in [2.75, 3.05) is 31.8 Å². The molecule has 7 heteroatoms. The highest BCUT2D eigenvalue weighted by molar-refractivity contribution is 5.73. The van der Waals surface area contributed by atoms with Gasteiger partial charge in [0.25, 0.3) is 0 Å². The molecule has 1 aromatic carbocycles. The van der Waals surface area contributed by atoms with E-state index in [1.807, 2.05) is 17.5 Å². The highest BCUT2D eigenvalue weighted by Gasteiger charge is 2.28. The Morgan fingerprint density at radius 3 is 3.00 bits per heavy atom. The maximum atomic E-state index is 5.61. The van der Waals surface area contributed by atoms with E-state index in [2.05, 4.69) is 27.1 Å². The monoisotopic (exact) mass is 365 g/mol. The Morgan fingerprint density at radius 2 is 2.19 bits per heavy atom. The second-order valence-corrected chi connectivity index (χ2v) is 7.26. The maximum absolute atomic E-state index is 5.61. The molecule has 2 aliphatic heterocycles. The van der Waals surface area contributed by atoms with Crippen LogP contribution in [0.5, 0.6) is 5.75 Å². The van der Waals surface area contributed by atoms with E-state index in [4.69, 9.17) is 14.5 Å². The van der Waals surface area contributed by atoms with Crippen molar-refractivity contribution >= 4 is 11.3 Å².